The van der Waals surface area contributed by atoms with Crippen LogP contribution in [0.25, 0.3) is 22.1 Å². The zero-order valence-corrected chi connectivity index (χ0v) is 18.6. The average molecular weight is 435 g/mol. The largest absolute Gasteiger partial charge is 0.381 e. The Hall–Kier alpha value is -2.92. The molecular formula is C24H30N6O2. The predicted molar refractivity (Wildman–Crippen MR) is 121 cm³/mol. The Balaban J connectivity index is 1.46. The number of hydrogen-bond donors (Lipinski definition) is 1. The molecule has 1 aliphatic carbocycles. The maximum atomic E-state index is 13.2. The van der Waals surface area contributed by atoms with Crippen molar-refractivity contribution in [2.45, 2.75) is 63.5 Å². The summed E-state index contributed by atoms with van der Waals surface area (Å²) in [6.07, 6.45) is 10.8. The van der Waals surface area contributed by atoms with Crippen molar-refractivity contribution >= 4 is 28.0 Å². The topological polar surface area (TPSA) is 99.8 Å². The van der Waals surface area contributed by atoms with E-state index >= 15 is 0 Å². The summed E-state index contributed by atoms with van der Waals surface area (Å²) < 4.78 is 7.77. The average Bonchev–Trinajstić information content (AvgIpc) is 3.44. The third kappa shape index (κ3) is 3.86. The van der Waals surface area contributed by atoms with Crippen molar-refractivity contribution in [2.24, 2.45) is 5.92 Å². The quantitative estimate of drug-likeness (QED) is 0.659. The fourth-order valence-electron chi connectivity index (χ4n) is 5.48. The molecule has 5 rings (SSSR count). The van der Waals surface area contributed by atoms with Gasteiger partial charge in [-0.25, -0.2) is 9.97 Å². The zero-order valence-electron chi connectivity index (χ0n) is 18.6. The normalized spacial score (nSPS) is 22.4. The summed E-state index contributed by atoms with van der Waals surface area (Å²) in [5, 5.41) is 10.1. The van der Waals surface area contributed by atoms with E-state index in [-0.39, 0.29) is 18.1 Å². The second-order valence-electron chi connectivity index (χ2n) is 9.16. The van der Waals surface area contributed by atoms with Gasteiger partial charge in [-0.1, -0.05) is 0 Å². The van der Waals surface area contributed by atoms with Crippen LogP contribution < -0.4 is 0 Å². The number of nitriles is 1. The number of hydrogen-bond acceptors (Lipinski definition) is 5. The van der Waals surface area contributed by atoms with E-state index in [0.29, 0.717) is 18.8 Å². The molecule has 4 heterocycles. The molecule has 0 unspecified atom stereocenters. The first-order valence-corrected chi connectivity index (χ1v) is 11.7. The standard InChI is InChI=1S/C24H30N6O2/c1-32-18-8-12-29(13-9-18)22(31)14-21-28-20-15-27-24-19(7-11-26-24)23(20)30(21)17-4-2-16(3-5-17)6-10-25/h7,11,15-18H,2-6,8-9,12-14H2,1H3,(H,26,27). The summed E-state index contributed by atoms with van der Waals surface area (Å²) >= 11 is 0. The Morgan fingerprint density at radius 3 is 2.75 bits per heavy atom. The summed E-state index contributed by atoms with van der Waals surface area (Å²) in [7, 11) is 1.74. The van der Waals surface area contributed by atoms with Gasteiger partial charge < -0.3 is 19.2 Å². The van der Waals surface area contributed by atoms with Gasteiger partial charge in [-0.2, -0.15) is 5.26 Å². The molecule has 2 aliphatic rings. The fraction of sp³-hybridized carbons (Fsp3) is 0.583. The van der Waals surface area contributed by atoms with E-state index < -0.39 is 0 Å². The molecule has 1 saturated carbocycles. The van der Waals surface area contributed by atoms with Crippen LogP contribution >= 0.6 is 0 Å². The highest BCUT2D eigenvalue weighted by Crippen LogP contribution is 2.38. The molecule has 0 radical (unpaired) electrons. The highest BCUT2D eigenvalue weighted by molar-refractivity contribution is 6.01. The van der Waals surface area contributed by atoms with Gasteiger partial charge in [0, 0.05) is 44.2 Å². The first-order chi connectivity index (χ1) is 15.7. The van der Waals surface area contributed by atoms with Crippen molar-refractivity contribution in [1.29, 1.82) is 5.26 Å². The maximum absolute atomic E-state index is 13.2. The lowest BCUT2D eigenvalue weighted by Crippen LogP contribution is -2.41. The number of fused-ring (bicyclic) bond motifs is 3. The van der Waals surface area contributed by atoms with E-state index in [9.17, 15) is 4.79 Å². The summed E-state index contributed by atoms with van der Waals surface area (Å²) in [6.45, 7) is 1.47. The molecular weight excluding hydrogens is 404 g/mol. The van der Waals surface area contributed by atoms with Crippen LogP contribution in [0.5, 0.6) is 0 Å². The third-order valence-electron chi connectivity index (χ3n) is 7.31. The predicted octanol–water partition coefficient (Wildman–Crippen LogP) is 3.74. The van der Waals surface area contributed by atoms with Crippen LogP contribution in [0.15, 0.2) is 18.5 Å². The summed E-state index contributed by atoms with van der Waals surface area (Å²) in [5.74, 6) is 1.44. The molecule has 3 aromatic rings. The number of nitrogens with zero attached hydrogens (tertiary/aromatic N) is 5. The number of imidazole rings is 1. The van der Waals surface area contributed by atoms with E-state index in [0.717, 1.165) is 79.5 Å². The van der Waals surface area contributed by atoms with Crippen LogP contribution in [-0.4, -0.2) is 56.6 Å². The van der Waals surface area contributed by atoms with Crippen LogP contribution in [0.1, 0.15) is 56.8 Å². The van der Waals surface area contributed by atoms with Gasteiger partial charge >= 0.3 is 0 Å². The van der Waals surface area contributed by atoms with Gasteiger partial charge in [0.25, 0.3) is 0 Å². The number of piperidine rings is 1. The van der Waals surface area contributed by atoms with Gasteiger partial charge in [-0.15, -0.1) is 0 Å². The minimum absolute atomic E-state index is 0.132. The van der Waals surface area contributed by atoms with Gasteiger partial charge in [0.1, 0.15) is 17.0 Å². The van der Waals surface area contributed by atoms with Crippen LogP contribution in [0, 0.1) is 17.2 Å². The second-order valence-corrected chi connectivity index (χ2v) is 9.16. The summed E-state index contributed by atoms with van der Waals surface area (Å²) in [4.78, 5) is 27.8. The number of aromatic amines is 1. The number of carbonyl (C=O) groups excluding carboxylic acids is 1. The fourth-order valence-corrected chi connectivity index (χ4v) is 5.48. The Morgan fingerprint density at radius 2 is 2.03 bits per heavy atom. The Bertz CT molecular complexity index is 1140. The Morgan fingerprint density at radius 1 is 1.25 bits per heavy atom. The number of rotatable bonds is 5. The van der Waals surface area contributed by atoms with Crippen molar-refractivity contribution in [3.8, 4) is 6.07 Å². The summed E-state index contributed by atoms with van der Waals surface area (Å²) in [5.41, 5.74) is 2.76. The first kappa shape index (κ1) is 21.0. The van der Waals surface area contributed by atoms with Gasteiger partial charge in [-0.3, -0.25) is 4.79 Å². The molecule has 0 atom stereocenters. The molecule has 1 saturated heterocycles. The number of ether oxygens (including phenoxy) is 1. The third-order valence-corrected chi connectivity index (χ3v) is 7.31. The number of H-pyrrole nitrogens is 1. The monoisotopic (exact) mass is 434 g/mol. The van der Waals surface area contributed by atoms with Crippen molar-refractivity contribution in [3.63, 3.8) is 0 Å². The summed E-state index contributed by atoms with van der Waals surface area (Å²) in [6, 6.07) is 4.66. The van der Waals surface area contributed by atoms with Gasteiger partial charge in [0.2, 0.25) is 5.91 Å². The van der Waals surface area contributed by atoms with E-state index in [4.69, 9.17) is 15.0 Å². The van der Waals surface area contributed by atoms with Crippen LogP contribution in [0.4, 0.5) is 0 Å². The highest BCUT2D eigenvalue weighted by Gasteiger charge is 2.29. The second kappa shape index (κ2) is 8.91. The molecule has 1 amide bonds. The smallest absolute Gasteiger partial charge is 0.230 e. The molecule has 1 N–H and O–H groups in total. The lowest BCUT2D eigenvalue weighted by molar-refractivity contribution is -0.132. The molecule has 0 aromatic carbocycles. The zero-order chi connectivity index (χ0) is 22.1. The van der Waals surface area contributed by atoms with Crippen molar-refractivity contribution in [2.75, 3.05) is 20.2 Å². The van der Waals surface area contributed by atoms with E-state index in [2.05, 4.69) is 20.6 Å². The lowest BCUT2D eigenvalue weighted by atomic mass is 9.84. The number of likely N-dealkylation sites (tertiary alicyclic amines) is 1. The minimum Gasteiger partial charge on any atom is -0.381 e. The van der Waals surface area contributed by atoms with Gasteiger partial charge in [0.05, 0.1) is 30.3 Å². The van der Waals surface area contributed by atoms with E-state index in [1.54, 1.807) is 7.11 Å². The molecule has 2 fully saturated rings. The molecule has 32 heavy (non-hydrogen) atoms. The minimum atomic E-state index is 0.132. The molecule has 3 aromatic heterocycles. The highest BCUT2D eigenvalue weighted by atomic mass is 16.5. The maximum Gasteiger partial charge on any atom is 0.230 e. The first-order valence-electron chi connectivity index (χ1n) is 11.7. The number of amides is 1. The Labute approximate surface area is 187 Å². The van der Waals surface area contributed by atoms with Crippen LogP contribution in [-0.2, 0) is 16.0 Å². The van der Waals surface area contributed by atoms with Crippen LogP contribution in [0.2, 0.25) is 0 Å². The van der Waals surface area contributed by atoms with Crippen molar-refractivity contribution < 1.29 is 9.53 Å². The van der Waals surface area contributed by atoms with Crippen molar-refractivity contribution in [1.82, 2.24) is 24.4 Å². The molecule has 8 heteroatoms. The van der Waals surface area contributed by atoms with E-state index in [1.165, 1.54) is 0 Å². The van der Waals surface area contributed by atoms with Gasteiger partial charge in [-0.05, 0) is 50.5 Å². The molecule has 1 aliphatic heterocycles. The molecule has 8 nitrogen and oxygen atoms in total. The van der Waals surface area contributed by atoms with E-state index in [1.807, 2.05) is 23.4 Å². The SMILES string of the molecule is COC1CCN(C(=O)Cc2nc3cnc4[nH]ccc4c3n2C2CCC(CC#N)CC2)CC1. The number of methoxy groups -OCH3 is 1. The number of aromatic nitrogens is 4. The number of nitrogens with one attached hydrogen (secondary N) is 1. The molecule has 0 spiro atoms. The van der Waals surface area contributed by atoms with Gasteiger partial charge in [0.15, 0.2) is 0 Å². The number of carbonyl (C=O) groups is 1. The Kier molecular flexibility index (Phi) is 5.83. The number of pyridine rings is 1. The van der Waals surface area contributed by atoms with Crippen LogP contribution in [0.3, 0.4) is 0 Å². The molecule has 0 bridgehead atoms. The lowest BCUT2D eigenvalue weighted by Gasteiger charge is -2.32. The molecule has 168 valence electrons. The van der Waals surface area contributed by atoms with Crippen molar-refractivity contribution in [3.05, 3.63) is 24.3 Å².